The van der Waals surface area contributed by atoms with Gasteiger partial charge in [0.05, 0.1) is 11.4 Å². The number of hydrogen-bond acceptors (Lipinski definition) is 5. The second-order valence-electron chi connectivity index (χ2n) is 8.49. The van der Waals surface area contributed by atoms with Gasteiger partial charge in [-0.25, -0.2) is 8.42 Å². The van der Waals surface area contributed by atoms with Gasteiger partial charge in [-0.3, -0.25) is 9.69 Å². The van der Waals surface area contributed by atoms with Crippen molar-refractivity contribution in [3.8, 4) is 0 Å². The van der Waals surface area contributed by atoms with E-state index in [1.807, 2.05) is 11.3 Å². The number of carbonyl (C=O) groups excluding carboxylic acids is 1. The molecule has 0 spiro atoms. The lowest BCUT2D eigenvalue weighted by atomic mass is 9.96. The predicted molar refractivity (Wildman–Crippen MR) is 118 cm³/mol. The highest BCUT2D eigenvalue weighted by molar-refractivity contribution is 7.89. The van der Waals surface area contributed by atoms with E-state index in [1.165, 1.54) is 27.6 Å². The van der Waals surface area contributed by atoms with Crippen LogP contribution in [0, 0.1) is 5.92 Å². The van der Waals surface area contributed by atoms with Crippen molar-refractivity contribution < 1.29 is 13.2 Å². The van der Waals surface area contributed by atoms with E-state index in [1.54, 1.807) is 24.3 Å². The minimum atomic E-state index is -3.49. The molecule has 2 fully saturated rings. The molecule has 2 aliphatic heterocycles. The number of nitrogens with one attached hydrogen (secondary N) is 1. The van der Waals surface area contributed by atoms with Crippen LogP contribution in [0.5, 0.6) is 0 Å². The number of benzene rings is 1. The van der Waals surface area contributed by atoms with Crippen LogP contribution < -0.4 is 5.32 Å². The molecule has 0 unspecified atom stereocenters. The van der Waals surface area contributed by atoms with Gasteiger partial charge in [0.1, 0.15) is 0 Å². The molecule has 1 aliphatic carbocycles. The number of thiophene rings is 1. The van der Waals surface area contributed by atoms with Crippen molar-refractivity contribution in [1.29, 1.82) is 0 Å². The Kier molecular flexibility index (Phi) is 5.43. The Hall–Kier alpha value is -1.74. The number of fused-ring (bicyclic) bond motifs is 1. The molecule has 8 heteroatoms. The van der Waals surface area contributed by atoms with Gasteiger partial charge in [0.2, 0.25) is 15.9 Å². The molecule has 160 valence electrons. The number of nitrogens with zero attached hydrogens (tertiary/aromatic N) is 2. The topological polar surface area (TPSA) is 69.7 Å². The lowest BCUT2D eigenvalue weighted by Crippen LogP contribution is -2.41. The number of rotatable bonds is 6. The van der Waals surface area contributed by atoms with Crippen molar-refractivity contribution in [1.82, 2.24) is 9.21 Å². The molecule has 1 N–H and O–H groups in total. The van der Waals surface area contributed by atoms with Crippen LogP contribution in [0.3, 0.4) is 0 Å². The van der Waals surface area contributed by atoms with Crippen molar-refractivity contribution in [2.45, 2.75) is 43.0 Å². The van der Waals surface area contributed by atoms with Gasteiger partial charge >= 0.3 is 0 Å². The molecule has 0 radical (unpaired) electrons. The van der Waals surface area contributed by atoms with Gasteiger partial charge in [0.15, 0.2) is 0 Å². The summed E-state index contributed by atoms with van der Waals surface area (Å²) in [6, 6.07) is 9.20. The highest BCUT2D eigenvalue weighted by atomic mass is 32.2. The second-order valence-corrected chi connectivity index (χ2v) is 11.4. The molecular formula is C22H27N3O3S2. The number of anilines is 1. The quantitative estimate of drug-likeness (QED) is 0.739. The average Bonchev–Trinajstić information content (AvgIpc) is 3.20. The molecule has 2 aromatic rings. The summed E-state index contributed by atoms with van der Waals surface area (Å²) < 4.78 is 27.2. The van der Waals surface area contributed by atoms with E-state index < -0.39 is 10.0 Å². The van der Waals surface area contributed by atoms with Gasteiger partial charge in [0.25, 0.3) is 0 Å². The van der Waals surface area contributed by atoms with Crippen LogP contribution in [-0.4, -0.2) is 49.7 Å². The highest BCUT2D eigenvalue weighted by Crippen LogP contribution is 2.48. The Morgan fingerprint density at radius 1 is 1.13 bits per heavy atom. The lowest BCUT2D eigenvalue weighted by Gasteiger charge is -2.35. The van der Waals surface area contributed by atoms with Crippen LogP contribution >= 0.6 is 11.3 Å². The smallest absolute Gasteiger partial charge is 0.243 e. The van der Waals surface area contributed by atoms with Crippen LogP contribution in [0.25, 0.3) is 0 Å². The van der Waals surface area contributed by atoms with E-state index >= 15 is 0 Å². The van der Waals surface area contributed by atoms with Gasteiger partial charge in [-0.15, -0.1) is 11.3 Å². The average molecular weight is 446 g/mol. The molecule has 0 bridgehead atoms. The first-order valence-corrected chi connectivity index (χ1v) is 13.0. The van der Waals surface area contributed by atoms with Crippen LogP contribution in [-0.2, 0) is 21.2 Å². The lowest BCUT2D eigenvalue weighted by molar-refractivity contribution is -0.118. The Bertz CT molecular complexity index is 1040. The Morgan fingerprint density at radius 2 is 1.93 bits per heavy atom. The third-order valence-corrected chi connectivity index (χ3v) is 9.24. The molecule has 3 heterocycles. The van der Waals surface area contributed by atoms with Crippen LogP contribution in [0.1, 0.15) is 42.2 Å². The highest BCUT2D eigenvalue weighted by Gasteiger charge is 2.40. The first-order valence-electron chi connectivity index (χ1n) is 10.7. The fourth-order valence-electron chi connectivity index (χ4n) is 4.74. The Balaban J connectivity index is 1.28. The SMILES string of the molecule is O=C(CN1CCc2sccc2[C@@H]1C1CC1)Nc1cccc(S(=O)(=O)N2CCCC2)c1. The van der Waals surface area contributed by atoms with E-state index in [9.17, 15) is 13.2 Å². The number of hydrogen-bond donors (Lipinski definition) is 1. The fourth-order valence-corrected chi connectivity index (χ4v) is 7.21. The maximum atomic E-state index is 12.8. The minimum Gasteiger partial charge on any atom is -0.325 e. The summed E-state index contributed by atoms with van der Waals surface area (Å²) in [6.45, 7) is 2.37. The summed E-state index contributed by atoms with van der Waals surface area (Å²) in [7, 11) is -3.49. The second kappa shape index (κ2) is 8.07. The maximum absolute atomic E-state index is 12.8. The maximum Gasteiger partial charge on any atom is 0.243 e. The molecule has 1 saturated heterocycles. The number of sulfonamides is 1. The minimum absolute atomic E-state index is 0.0879. The molecule has 5 rings (SSSR count). The van der Waals surface area contributed by atoms with E-state index in [4.69, 9.17) is 0 Å². The van der Waals surface area contributed by atoms with E-state index in [0.717, 1.165) is 25.8 Å². The summed E-state index contributed by atoms with van der Waals surface area (Å²) >= 11 is 1.82. The summed E-state index contributed by atoms with van der Waals surface area (Å²) in [5.41, 5.74) is 1.94. The molecule has 1 atom stereocenters. The van der Waals surface area contributed by atoms with Crippen LogP contribution in [0.15, 0.2) is 40.6 Å². The summed E-state index contributed by atoms with van der Waals surface area (Å²) in [5.74, 6) is 0.565. The molecule has 1 amide bonds. The molecule has 1 saturated carbocycles. The van der Waals surface area contributed by atoms with Gasteiger partial charge in [0, 0.05) is 36.2 Å². The third kappa shape index (κ3) is 3.93. The first-order chi connectivity index (χ1) is 14.5. The largest absolute Gasteiger partial charge is 0.325 e. The third-order valence-electron chi connectivity index (χ3n) is 6.35. The summed E-state index contributed by atoms with van der Waals surface area (Å²) in [4.78, 5) is 16.8. The van der Waals surface area contributed by atoms with Crippen LogP contribution in [0.4, 0.5) is 5.69 Å². The van der Waals surface area contributed by atoms with Crippen molar-refractivity contribution in [3.05, 3.63) is 46.2 Å². The fraction of sp³-hybridized carbons (Fsp3) is 0.500. The van der Waals surface area contributed by atoms with Crippen molar-refractivity contribution in [3.63, 3.8) is 0 Å². The predicted octanol–water partition coefficient (Wildman–Crippen LogP) is 3.48. The van der Waals surface area contributed by atoms with Crippen LogP contribution in [0.2, 0.25) is 0 Å². The Labute approximate surface area is 181 Å². The van der Waals surface area contributed by atoms with Crippen molar-refractivity contribution in [2.24, 2.45) is 5.92 Å². The Morgan fingerprint density at radius 3 is 2.70 bits per heavy atom. The molecule has 6 nitrogen and oxygen atoms in total. The zero-order valence-electron chi connectivity index (χ0n) is 16.9. The van der Waals surface area contributed by atoms with E-state index in [0.29, 0.717) is 37.3 Å². The number of carbonyl (C=O) groups is 1. The number of amides is 1. The zero-order valence-corrected chi connectivity index (χ0v) is 18.6. The van der Waals surface area contributed by atoms with Gasteiger partial charge in [-0.05, 0) is 73.2 Å². The monoisotopic (exact) mass is 445 g/mol. The molecule has 1 aromatic heterocycles. The van der Waals surface area contributed by atoms with Gasteiger partial charge in [-0.2, -0.15) is 4.31 Å². The van der Waals surface area contributed by atoms with E-state index in [-0.39, 0.29) is 10.8 Å². The summed E-state index contributed by atoms with van der Waals surface area (Å²) in [5, 5.41) is 5.09. The van der Waals surface area contributed by atoms with Gasteiger partial charge in [-0.1, -0.05) is 6.07 Å². The normalized spacial score (nSPS) is 22.7. The molecule has 1 aromatic carbocycles. The van der Waals surface area contributed by atoms with E-state index in [2.05, 4.69) is 21.7 Å². The molecule has 30 heavy (non-hydrogen) atoms. The summed E-state index contributed by atoms with van der Waals surface area (Å²) in [6.07, 6.45) is 5.26. The zero-order chi connectivity index (χ0) is 20.7. The molecule has 3 aliphatic rings. The van der Waals surface area contributed by atoms with Gasteiger partial charge < -0.3 is 5.32 Å². The molecular weight excluding hydrogens is 418 g/mol. The van der Waals surface area contributed by atoms with Crippen molar-refractivity contribution >= 4 is 33.0 Å². The standard InChI is InChI=1S/C22H27N3O3S2/c26-21(15-24-12-8-20-19(9-13-29-20)22(24)16-6-7-16)23-17-4-3-5-18(14-17)30(27,28)25-10-1-2-11-25/h3-5,9,13-14,16,22H,1-2,6-8,10-12,15H2,(H,23,26)/t22-/m0/s1. The van der Waals surface area contributed by atoms with Crippen molar-refractivity contribution in [2.75, 3.05) is 31.5 Å². The first kappa shape index (κ1) is 20.2.